The number of anilines is 1. The van der Waals surface area contributed by atoms with Crippen LogP contribution in [0.5, 0.6) is 0 Å². The first kappa shape index (κ1) is 15.3. The second kappa shape index (κ2) is 6.14. The Morgan fingerprint density at radius 3 is 2.50 bits per heavy atom. The second-order valence-corrected chi connectivity index (χ2v) is 7.55. The first-order valence-corrected chi connectivity index (χ1v) is 8.73. The Balaban J connectivity index is 2.20. The van der Waals surface area contributed by atoms with Gasteiger partial charge in [0.25, 0.3) is 0 Å². The Morgan fingerprint density at radius 2 is 1.90 bits per heavy atom. The van der Waals surface area contributed by atoms with Crippen LogP contribution in [0.4, 0.5) is 5.69 Å². The molecule has 2 rings (SSSR count). The van der Waals surface area contributed by atoms with Crippen LogP contribution in [0, 0.1) is 12.8 Å². The fourth-order valence-electron chi connectivity index (χ4n) is 2.86. The number of aryl methyl sites for hydroxylation is 1. The number of hydrogen-bond acceptors (Lipinski definition) is 3. The van der Waals surface area contributed by atoms with Gasteiger partial charge in [0.05, 0.1) is 4.90 Å². The summed E-state index contributed by atoms with van der Waals surface area (Å²) in [4.78, 5) is 0.312. The molecule has 0 bridgehead atoms. The van der Waals surface area contributed by atoms with Gasteiger partial charge in [-0.1, -0.05) is 18.9 Å². The van der Waals surface area contributed by atoms with Crippen molar-refractivity contribution in [3.63, 3.8) is 0 Å². The van der Waals surface area contributed by atoms with Gasteiger partial charge in [-0.2, -0.15) is 0 Å². The molecule has 112 valence electrons. The zero-order valence-corrected chi connectivity index (χ0v) is 13.3. The molecular weight excluding hydrogens is 272 g/mol. The molecule has 0 aromatic heterocycles. The maximum atomic E-state index is 11.9. The molecule has 1 aromatic rings. The van der Waals surface area contributed by atoms with E-state index in [4.69, 9.17) is 0 Å². The topological polar surface area (TPSA) is 58.2 Å². The molecule has 0 amide bonds. The molecule has 1 aliphatic rings. The molecule has 1 atom stereocenters. The van der Waals surface area contributed by atoms with Gasteiger partial charge in [-0.05, 0) is 57.4 Å². The summed E-state index contributed by atoms with van der Waals surface area (Å²) in [5, 5.41) is 3.50. The quantitative estimate of drug-likeness (QED) is 0.878. The van der Waals surface area contributed by atoms with Crippen molar-refractivity contribution in [2.75, 3.05) is 12.4 Å². The Labute approximate surface area is 122 Å². The van der Waals surface area contributed by atoms with Gasteiger partial charge in [-0.25, -0.2) is 13.1 Å². The minimum Gasteiger partial charge on any atom is -0.382 e. The van der Waals surface area contributed by atoms with Gasteiger partial charge in [0.1, 0.15) is 0 Å². The van der Waals surface area contributed by atoms with Gasteiger partial charge in [0, 0.05) is 11.7 Å². The van der Waals surface area contributed by atoms with Gasteiger partial charge < -0.3 is 5.32 Å². The van der Waals surface area contributed by atoms with Crippen molar-refractivity contribution in [2.45, 2.75) is 50.5 Å². The summed E-state index contributed by atoms with van der Waals surface area (Å²) in [6, 6.07) is 5.61. The van der Waals surface area contributed by atoms with Crippen molar-refractivity contribution in [3.05, 3.63) is 23.8 Å². The van der Waals surface area contributed by atoms with E-state index in [1.54, 1.807) is 12.1 Å². The van der Waals surface area contributed by atoms with Crippen LogP contribution in [0.25, 0.3) is 0 Å². The van der Waals surface area contributed by atoms with Crippen LogP contribution in [0.15, 0.2) is 23.1 Å². The normalized spacial score (nSPS) is 18.1. The highest BCUT2D eigenvalue weighted by Gasteiger charge is 2.22. The van der Waals surface area contributed by atoms with Crippen molar-refractivity contribution in [1.29, 1.82) is 0 Å². The predicted octanol–water partition coefficient (Wildman–Crippen LogP) is 2.89. The van der Waals surface area contributed by atoms with Crippen LogP contribution in [0.3, 0.4) is 0 Å². The van der Waals surface area contributed by atoms with E-state index in [1.807, 2.05) is 13.0 Å². The molecule has 1 saturated carbocycles. The third kappa shape index (κ3) is 3.33. The van der Waals surface area contributed by atoms with E-state index < -0.39 is 10.0 Å². The molecule has 20 heavy (non-hydrogen) atoms. The Morgan fingerprint density at radius 1 is 1.25 bits per heavy atom. The van der Waals surface area contributed by atoms with E-state index in [-0.39, 0.29) is 0 Å². The lowest BCUT2D eigenvalue weighted by atomic mass is 9.99. The van der Waals surface area contributed by atoms with Crippen LogP contribution in [-0.4, -0.2) is 21.5 Å². The van der Waals surface area contributed by atoms with Crippen molar-refractivity contribution >= 4 is 15.7 Å². The van der Waals surface area contributed by atoms with Gasteiger partial charge in [0.15, 0.2) is 0 Å². The highest BCUT2D eigenvalue weighted by atomic mass is 32.2. The number of benzene rings is 1. The minimum absolute atomic E-state index is 0.312. The zero-order chi connectivity index (χ0) is 14.8. The fourth-order valence-corrected chi connectivity index (χ4v) is 3.62. The van der Waals surface area contributed by atoms with E-state index >= 15 is 0 Å². The number of nitrogens with one attached hydrogen (secondary N) is 2. The van der Waals surface area contributed by atoms with Gasteiger partial charge in [0.2, 0.25) is 10.0 Å². The van der Waals surface area contributed by atoms with Crippen LogP contribution in [0.2, 0.25) is 0 Å². The Bertz CT molecular complexity index is 563. The number of rotatable bonds is 5. The maximum Gasteiger partial charge on any atom is 0.240 e. The average Bonchev–Trinajstić information content (AvgIpc) is 2.95. The van der Waals surface area contributed by atoms with Gasteiger partial charge in [-0.3, -0.25) is 0 Å². The standard InChI is InChI=1S/C15H24N2O2S/c1-11-8-9-14(20(18,19)16-3)10-15(11)17-12(2)13-6-4-5-7-13/h8-10,12-13,16-17H,4-7H2,1-3H3. The van der Waals surface area contributed by atoms with Crippen molar-refractivity contribution in [3.8, 4) is 0 Å². The average molecular weight is 296 g/mol. The summed E-state index contributed by atoms with van der Waals surface area (Å²) in [6.45, 7) is 4.19. The lowest BCUT2D eigenvalue weighted by Crippen LogP contribution is -2.25. The molecule has 0 aliphatic heterocycles. The van der Waals surface area contributed by atoms with E-state index in [2.05, 4.69) is 17.0 Å². The molecule has 0 radical (unpaired) electrons. The highest BCUT2D eigenvalue weighted by Crippen LogP contribution is 2.30. The summed E-state index contributed by atoms with van der Waals surface area (Å²) in [6.07, 6.45) is 5.15. The summed E-state index contributed by atoms with van der Waals surface area (Å²) < 4.78 is 26.1. The van der Waals surface area contributed by atoms with E-state index in [9.17, 15) is 8.42 Å². The molecule has 0 saturated heterocycles. The van der Waals surface area contributed by atoms with Gasteiger partial charge in [-0.15, -0.1) is 0 Å². The lowest BCUT2D eigenvalue weighted by molar-refractivity contribution is 0.482. The molecule has 1 fully saturated rings. The van der Waals surface area contributed by atoms with E-state index in [0.29, 0.717) is 16.9 Å². The van der Waals surface area contributed by atoms with Crippen LogP contribution in [0.1, 0.15) is 38.2 Å². The smallest absolute Gasteiger partial charge is 0.240 e. The lowest BCUT2D eigenvalue weighted by Gasteiger charge is -2.23. The molecule has 4 nitrogen and oxygen atoms in total. The van der Waals surface area contributed by atoms with Crippen LogP contribution < -0.4 is 10.0 Å². The number of hydrogen-bond donors (Lipinski definition) is 2. The Kier molecular flexibility index (Phi) is 4.70. The van der Waals surface area contributed by atoms with Gasteiger partial charge >= 0.3 is 0 Å². The SMILES string of the molecule is CNS(=O)(=O)c1ccc(C)c(NC(C)C2CCCC2)c1. The third-order valence-electron chi connectivity index (χ3n) is 4.28. The summed E-state index contributed by atoms with van der Waals surface area (Å²) in [5.74, 6) is 0.693. The monoisotopic (exact) mass is 296 g/mol. The van der Waals surface area contributed by atoms with Crippen molar-refractivity contribution in [2.24, 2.45) is 5.92 Å². The predicted molar refractivity (Wildman–Crippen MR) is 82.5 cm³/mol. The molecule has 1 aliphatic carbocycles. The molecule has 0 heterocycles. The summed E-state index contributed by atoms with van der Waals surface area (Å²) in [5.41, 5.74) is 1.99. The molecular formula is C15H24N2O2S. The largest absolute Gasteiger partial charge is 0.382 e. The van der Waals surface area contributed by atoms with E-state index in [0.717, 1.165) is 11.3 Å². The van der Waals surface area contributed by atoms with Crippen molar-refractivity contribution < 1.29 is 8.42 Å². The first-order chi connectivity index (χ1) is 9.44. The number of sulfonamides is 1. The minimum atomic E-state index is -3.38. The first-order valence-electron chi connectivity index (χ1n) is 7.25. The summed E-state index contributed by atoms with van der Waals surface area (Å²) in [7, 11) is -1.95. The molecule has 1 aromatic carbocycles. The maximum absolute atomic E-state index is 11.9. The summed E-state index contributed by atoms with van der Waals surface area (Å²) >= 11 is 0. The van der Waals surface area contributed by atoms with Crippen molar-refractivity contribution in [1.82, 2.24) is 4.72 Å². The highest BCUT2D eigenvalue weighted by molar-refractivity contribution is 7.89. The zero-order valence-electron chi connectivity index (χ0n) is 12.4. The third-order valence-corrected chi connectivity index (χ3v) is 5.69. The molecule has 0 spiro atoms. The second-order valence-electron chi connectivity index (χ2n) is 5.66. The van der Waals surface area contributed by atoms with E-state index in [1.165, 1.54) is 32.7 Å². The molecule has 2 N–H and O–H groups in total. The van der Waals surface area contributed by atoms with Crippen LogP contribution in [-0.2, 0) is 10.0 Å². The molecule has 5 heteroatoms. The molecule has 1 unspecified atom stereocenters. The fraction of sp³-hybridized carbons (Fsp3) is 0.600. The van der Waals surface area contributed by atoms with Crippen LogP contribution >= 0.6 is 0 Å². The Hall–Kier alpha value is -1.07.